The van der Waals surface area contributed by atoms with E-state index in [0.29, 0.717) is 18.7 Å². The molecular weight excluding hydrogens is 198 g/mol. The number of hydrogen-bond acceptors (Lipinski definition) is 2. The standard InChI is InChI=1S/C14H27NO/c1-13(2,3)10-7-12(16)14(11-15)8-5-4-6-9-14/h4-11,15H2,1-3H3. The SMILES string of the molecule is CC(C)(C)CCC(=O)C1(CN)CCCCC1. The molecule has 0 aromatic rings. The van der Waals surface area contributed by atoms with Crippen LogP contribution in [0.4, 0.5) is 0 Å². The average molecular weight is 225 g/mol. The smallest absolute Gasteiger partial charge is 0.140 e. The normalized spacial score (nSPS) is 20.8. The molecule has 0 spiro atoms. The van der Waals surface area contributed by atoms with Gasteiger partial charge in [-0.05, 0) is 24.7 Å². The van der Waals surface area contributed by atoms with Gasteiger partial charge in [0.15, 0.2) is 0 Å². The molecule has 1 fully saturated rings. The van der Waals surface area contributed by atoms with Crippen molar-refractivity contribution in [2.75, 3.05) is 6.54 Å². The molecule has 0 saturated heterocycles. The number of carbonyl (C=O) groups excluding carboxylic acids is 1. The Morgan fingerprint density at radius 3 is 2.19 bits per heavy atom. The van der Waals surface area contributed by atoms with Gasteiger partial charge in [0.1, 0.15) is 5.78 Å². The summed E-state index contributed by atoms with van der Waals surface area (Å²) in [6.07, 6.45) is 7.36. The molecular formula is C14H27NO. The topological polar surface area (TPSA) is 43.1 Å². The largest absolute Gasteiger partial charge is 0.329 e. The van der Waals surface area contributed by atoms with Gasteiger partial charge in [0.2, 0.25) is 0 Å². The monoisotopic (exact) mass is 225 g/mol. The van der Waals surface area contributed by atoms with Crippen molar-refractivity contribution in [2.45, 2.75) is 65.7 Å². The van der Waals surface area contributed by atoms with Crippen LogP contribution in [0.5, 0.6) is 0 Å². The molecule has 0 aromatic heterocycles. The predicted octanol–water partition coefficient (Wildman–Crippen LogP) is 3.29. The molecule has 0 heterocycles. The highest BCUT2D eigenvalue weighted by atomic mass is 16.1. The molecule has 1 saturated carbocycles. The van der Waals surface area contributed by atoms with Crippen LogP contribution in [0, 0.1) is 10.8 Å². The number of rotatable bonds is 4. The summed E-state index contributed by atoms with van der Waals surface area (Å²) in [6, 6.07) is 0. The second-order valence-corrected chi connectivity index (χ2v) is 6.53. The molecule has 0 bridgehead atoms. The fourth-order valence-electron chi connectivity index (χ4n) is 2.58. The molecule has 1 rings (SSSR count). The van der Waals surface area contributed by atoms with Crippen LogP contribution in [0.3, 0.4) is 0 Å². The third-order valence-corrected chi connectivity index (χ3v) is 3.89. The highest BCUT2D eigenvalue weighted by molar-refractivity contribution is 5.85. The second-order valence-electron chi connectivity index (χ2n) is 6.53. The highest BCUT2D eigenvalue weighted by Crippen LogP contribution is 2.38. The number of ketones is 1. The first-order valence-electron chi connectivity index (χ1n) is 6.63. The van der Waals surface area contributed by atoms with Crippen LogP contribution < -0.4 is 5.73 Å². The molecule has 0 aliphatic heterocycles. The van der Waals surface area contributed by atoms with Crippen molar-refractivity contribution in [3.8, 4) is 0 Å². The Hall–Kier alpha value is -0.370. The maximum Gasteiger partial charge on any atom is 0.140 e. The molecule has 1 aliphatic rings. The summed E-state index contributed by atoms with van der Waals surface area (Å²) in [5.74, 6) is 0.421. The third-order valence-electron chi connectivity index (χ3n) is 3.89. The van der Waals surface area contributed by atoms with Crippen LogP contribution in [0.15, 0.2) is 0 Å². The molecule has 94 valence electrons. The first-order valence-corrected chi connectivity index (χ1v) is 6.63. The quantitative estimate of drug-likeness (QED) is 0.797. The van der Waals surface area contributed by atoms with E-state index >= 15 is 0 Å². The van der Waals surface area contributed by atoms with Crippen LogP contribution in [0.2, 0.25) is 0 Å². The zero-order chi connectivity index (χ0) is 12.2. The molecule has 0 unspecified atom stereocenters. The Balaban J connectivity index is 2.55. The Bertz CT molecular complexity index is 234. The van der Waals surface area contributed by atoms with Gasteiger partial charge in [-0.15, -0.1) is 0 Å². The van der Waals surface area contributed by atoms with Gasteiger partial charge >= 0.3 is 0 Å². The third kappa shape index (κ3) is 3.58. The van der Waals surface area contributed by atoms with E-state index in [9.17, 15) is 4.79 Å². The number of hydrogen-bond donors (Lipinski definition) is 1. The summed E-state index contributed by atoms with van der Waals surface area (Å²) in [5.41, 5.74) is 5.94. The van der Waals surface area contributed by atoms with Crippen LogP contribution >= 0.6 is 0 Å². The van der Waals surface area contributed by atoms with Crippen molar-refractivity contribution in [3.05, 3.63) is 0 Å². The Morgan fingerprint density at radius 1 is 1.19 bits per heavy atom. The van der Waals surface area contributed by atoms with Gasteiger partial charge in [0, 0.05) is 18.4 Å². The van der Waals surface area contributed by atoms with Crippen LogP contribution in [0.1, 0.15) is 65.7 Å². The van der Waals surface area contributed by atoms with Gasteiger partial charge in [-0.2, -0.15) is 0 Å². The van der Waals surface area contributed by atoms with Crippen LogP contribution in [0.25, 0.3) is 0 Å². The molecule has 2 N–H and O–H groups in total. The van der Waals surface area contributed by atoms with Crippen LogP contribution in [-0.4, -0.2) is 12.3 Å². The van der Waals surface area contributed by atoms with Gasteiger partial charge in [0.25, 0.3) is 0 Å². The summed E-state index contributed by atoms with van der Waals surface area (Å²) >= 11 is 0. The van der Waals surface area contributed by atoms with Gasteiger partial charge in [-0.3, -0.25) is 4.79 Å². The van der Waals surface area contributed by atoms with Crippen molar-refractivity contribution in [3.63, 3.8) is 0 Å². The summed E-state index contributed by atoms with van der Waals surface area (Å²) in [5, 5.41) is 0. The van der Waals surface area contributed by atoms with Gasteiger partial charge in [0.05, 0.1) is 0 Å². The van der Waals surface area contributed by atoms with Crippen molar-refractivity contribution in [2.24, 2.45) is 16.6 Å². The summed E-state index contributed by atoms with van der Waals surface area (Å²) < 4.78 is 0. The molecule has 1 aliphatic carbocycles. The van der Waals surface area contributed by atoms with Crippen LogP contribution in [-0.2, 0) is 4.79 Å². The first kappa shape index (κ1) is 13.7. The van der Waals surface area contributed by atoms with Gasteiger partial charge in [-0.25, -0.2) is 0 Å². The molecule has 0 radical (unpaired) electrons. The minimum atomic E-state index is -0.163. The van der Waals surface area contributed by atoms with E-state index in [0.717, 1.165) is 19.3 Å². The van der Waals surface area contributed by atoms with E-state index in [1.54, 1.807) is 0 Å². The van der Waals surface area contributed by atoms with Crippen molar-refractivity contribution in [1.82, 2.24) is 0 Å². The Labute approximate surface area is 100.0 Å². The number of Topliss-reactive ketones (excluding diaryl/α,β-unsaturated/α-hetero) is 1. The number of nitrogens with two attached hydrogens (primary N) is 1. The molecule has 16 heavy (non-hydrogen) atoms. The Morgan fingerprint density at radius 2 is 1.75 bits per heavy atom. The zero-order valence-electron chi connectivity index (χ0n) is 11.1. The fraction of sp³-hybridized carbons (Fsp3) is 0.929. The van der Waals surface area contributed by atoms with Crippen molar-refractivity contribution in [1.29, 1.82) is 0 Å². The highest BCUT2D eigenvalue weighted by Gasteiger charge is 2.37. The first-order chi connectivity index (χ1) is 7.40. The van der Waals surface area contributed by atoms with E-state index in [-0.39, 0.29) is 10.8 Å². The average Bonchev–Trinajstić information content (AvgIpc) is 2.25. The lowest BCUT2D eigenvalue weighted by molar-refractivity contribution is -0.130. The minimum Gasteiger partial charge on any atom is -0.329 e. The minimum absolute atomic E-state index is 0.163. The van der Waals surface area contributed by atoms with Gasteiger partial charge < -0.3 is 5.73 Å². The number of carbonyl (C=O) groups is 1. The lowest BCUT2D eigenvalue weighted by Crippen LogP contribution is -2.40. The molecule has 0 atom stereocenters. The van der Waals surface area contributed by atoms with Gasteiger partial charge in [-0.1, -0.05) is 40.0 Å². The predicted molar refractivity (Wildman–Crippen MR) is 68.3 cm³/mol. The molecule has 0 amide bonds. The van der Waals surface area contributed by atoms with Crippen molar-refractivity contribution >= 4 is 5.78 Å². The summed E-state index contributed by atoms with van der Waals surface area (Å²) in [4.78, 5) is 12.3. The lowest BCUT2D eigenvalue weighted by Gasteiger charge is -2.35. The Kier molecular flexibility index (Phi) is 4.54. The lowest BCUT2D eigenvalue weighted by atomic mass is 9.69. The van der Waals surface area contributed by atoms with E-state index in [1.807, 2.05) is 0 Å². The second kappa shape index (κ2) is 5.31. The summed E-state index contributed by atoms with van der Waals surface area (Å²) in [6.45, 7) is 7.12. The maximum absolute atomic E-state index is 12.3. The summed E-state index contributed by atoms with van der Waals surface area (Å²) in [7, 11) is 0. The van der Waals surface area contributed by atoms with Crippen molar-refractivity contribution < 1.29 is 4.79 Å². The molecule has 2 heteroatoms. The molecule has 0 aromatic carbocycles. The van der Waals surface area contributed by atoms with E-state index in [2.05, 4.69) is 20.8 Å². The zero-order valence-corrected chi connectivity index (χ0v) is 11.1. The fourth-order valence-corrected chi connectivity index (χ4v) is 2.58. The van der Waals surface area contributed by atoms with E-state index in [4.69, 9.17) is 5.73 Å². The van der Waals surface area contributed by atoms with E-state index < -0.39 is 0 Å². The van der Waals surface area contributed by atoms with E-state index in [1.165, 1.54) is 19.3 Å². The maximum atomic E-state index is 12.3. The molecule has 2 nitrogen and oxygen atoms in total.